The van der Waals surface area contributed by atoms with Crippen molar-refractivity contribution in [2.24, 2.45) is 0 Å². The molecule has 0 aliphatic carbocycles. The van der Waals surface area contributed by atoms with Gasteiger partial charge in [-0.3, -0.25) is 0 Å². The highest BCUT2D eigenvalue weighted by Crippen LogP contribution is 2.38. The molecule has 0 bridgehead atoms. The van der Waals surface area contributed by atoms with E-state index < -0.39 is 5.97 Å². The highest BCUT2D eigenvalue weighted by molar-refractivity contribution is 5.91. The zero-order chi connectivity index (χ0) is 11.5. The molecule has 1 aliphatic rings. The number of para-hydroxylation sites is 1. The van der Waals surface area contributed by atoms with Crippen LogP contribution < -0.4 is 4.74 Å². The number of rotatable bonds is 3. The molecule has 16 heavy (non-hydrogen) atoms. The van der Waals surface area contributed by atoms with Gasteiger partial charge in [-0.1, -0.05) is 18.2 Å². The number of aromatic carboxylic acids is 1. The van der Waals surface area contributed by atoms with Crippen molar-refractivity contribution < 1.29 is 14.6 Å². The molecule has 1 aromatic carbocycles. The summed E-state index contributed by atoms with van der Waals surface area (Å²) in [5.41, 5.74) is 1.25. The maximum absolute atomic E-state index is 11.0. The summed E-state index contributed by atoms with van der Waals surface area (Å²) >= 11 is 0. The summed E-state index contributed by atoms with van der Waals surface area (Å²) in [5.74, 6) is -0.0650. The fraction of sp³-hybridized carbons (Fsp3) is 0.308. The van der Waals surface area contributed by atoms with Crippen molar-refractivity contribution in [1.82, 2.24) is 0 Å². The molecule has 84 valence electrons. The van der Waals surface area contributed by atoms with E-state index in [0.717, 1.165) is 18.4 Å². The van der Waals surface area contributed by atoms with Crippen molar-refractivity contribution in [3.8, 4) is 5.75 Å². The summed E-state index contributed by atoms with van der Waals surface area (Å²) in [6, 6.07) is 5.29. The molecule has 3 nitrogen and oxygen atoms in total. The minimum Gasteiger partial charge on any atom is -0.492 e. The van der Waals surface area contributed by atoms with E-state index >= 15 is 0 Å². The van der Waals surface area contributed by atoms with Crippen LogP contribution in [0.1, 0.15) is 34.7 Å². The Morgan fingerprint density at radius 3 is 3.12 bits per heavy atom. The zero-order valence-electron chi connectivity index (χ0n) is 8.98. The molecule has 1 aliphatic heterocycles. The fourth-order valence-corrected chi connectivity index (χ4v) is 2.11. The predicted molar refractivity (Wildman–Crippen MR) is 61.1 cm³/mol. The summed E-state index contributed by atoms with van der Waals surface area (Å²) in [4.78, 5) is 11.0. The molecule has 1 N–H and O–H groups in total. The molecule has 0 fully saturated rings. The van der Waals surface area contributed by atoms with E-state index in [1.165, 1.54) is 0 Å². The van der Waals surface area contributed by atoms with Gasteiger partial charge in [0.15, 0.2) is 0 Å². The van der Waals surface area contributed by atoms with Crippen LogP contribution in [0.4, 0.5) is 0 Å². The molecule has 1 unspecified atom stereocenters. The van der Waals surface area contributed by atoms with E-state index in [1.54, 1.807) is 12.1 Å². The molecule has 0 aromatic heterocycles. The quantitative estimate of drug-likeness (QED) is 0.793. The van der Waals surface area contributed by atoms with Crippen molar-refractivity contribution in [3.05, 3.63) is 42.0 Å². The topological polar surface area (TPSA) is 46.5 Å². The molecule has 1 atom stereocenters. The molecular formula is C13H14O3. The van der Waals surface area contributed by atoms with Crippen molar-refractivity contribution in [1.29, 1.82) is 0 Å². The summed E-state index contributed by atoms with van der Waals surface area (Å²) in [7, 11) is 0. The number of ether oxygens (including phenoxy) is 1. The number of carboxylic acid groups (broad SMARTS) is 1. The fourth-order valence-electron chi connectivity index (χ4n) is 2.11. The number of hydrogen-bond donors (Lipinski definition) is 1. The number of carbonyl (C=O) groups is 1. The lowest BCUT2D eigenvalue weighted by Gasteiger charge is -2.26. The maximum Gasteiger partial charge on any atom is 0.339 e. The third-order valence-electron chi connectivity index (χ3n) is 2.88. The van der Waals surface area contributed by atoms with Gasteiger partial charge in [-0.2, -0.15) is 0 Å². The van der Waals surface area contributed by atoms with Gasteiger partial charge < -0.3 is 9.84 Å². The highest BCUT2D eigenvalue weighted by atomic mass is 16.5. The predicted octanol–water partition coefficient (Wildman–Crippen LogP) is 2.83. The third kappa shape index (κ3) is 1.81. The largest absolute Gasteiger partial charge is 0.492 e. The first-order chi connectivity index (χ1) is 7.74. The number of benzene rings is 1. The second-order valence-corrected chi connectivity index (χ2v) is 3.89. The van der Waals surface area contributed by atoms with Crippen molar-refractivity contribution in [2.75, 3.05) is 6.61 Å². The number of allylic oxidation sites excluding steroid dienone is 1. The molecule has 0 saturated heterocycles. The van der Waals surface area contributed by atoms with Crippen LogP contribution in [0.5, 0.6) is 5.75 Å². The monoisotopic (exact) mass is 218 g/mol. The van der Waals surface area contributed by atoms with Gasteiger partial charge in [-0.15, -0.1) is 6.58 Å². The first-order valence-corrected chi connectivity index (χ1v) is 5.34. The van der Waals surface area contributed by atoms with Crippen LogP contribution in [-0.2, 0) is 0 Å². The SMILES string of the molecule is C=CCC1CCOc2c(C(=O)O)cccc21. The van der Waals surface area contributed by atoms with Gasteiger partial charge in [-0.05, 0) is 30.4 Å². The molecule has 0 spiro atoms. The number of carboxylic acids is 1. The van der Waals surface area contributed by atoms with Crippen LogP contribution >= 0.6 is 0 Å². The van der Waals surface area contributed by atoms with Crippen LogP contribution in [-0.4, -0.2) is 17.7 Å². The van der Waals surface area contributed by atoms with Crippen LogP contribution in [0.3, 0.4) is 0 Å². The Morgan fingerprint density at radius 2 is 2.44 bits per heavy atom. The summed E-state index contributed by atoms with van der Waals surface area (Å²) in [6.45, 7) is 4.31. The Kier molecular flexibility index (Phi) is 2.95. The van der Waals surface area contributed by atoms with Gasteiger partial charge in [0, 0.05) is 0 Å². The molecule has 0 amide bonds. The van der Waals surface area contributed by atoms with E-state index in [0.29, 0.717) is 18.3 Å². The van der Waals surface area contributed by atoms with Gasteiger partial charge in [0.2, 0.25) is 0 Å². The zero-order valence-corrected chi connectivity index (χ0v) is 8.98. The van der Waals surface area contributed by atoms with E-state index in [2.05, 4.69) is 6.58 Å². The standard InChI is InChI=1S/C13H14O3/c1-2-4-9-7-8-16-12-10(9)5-3-6-11(12)13(14)15/h2-3,5-6,9H,1,4,7-8H2,(H,14,15). The van der Waals surface area contributed by atoms with E-state index in [4.69, 9.17) is 9.84 Å². The molecular weight excluding hydrogens is 204 g/mol. The lowest BCUT2D eigenvalue weighted by molar-refractivity contribution is 0.0690. The number of fused-ring (bicyclic) bond motifs is 1. The highest BCUT2D eigenvalue weighted by Gasteiger charge is 2.24. The number of hydrogen-bond acceptors (Lipinski definition) is 2. The molecule has 0 saturated carbocycles. The van der Waals surface area contributed by atoms with Gasteiger partial charge in [0.25, 0.3) is 0 Å². The minimum absolute atomic E-state index is 0.256. The smallest absolute Gasteiger partial charge is 0.339 e. The van der Waals surface area contributed by atoms with Crippen molar-refractivity contribution in [3.63, 3.8) is 0 Å². The molecule has 2 rings (SSSR count). The summed E-state index contributed by atoms with van der Waals surface area (Å²) in [5, 5.41) is 9.06. The molecule has 3 heteroatoms. The Hall–Kier alpha value is -1.77. The Bertz CT molecular complexity index is 423. The second-order valence-electron chi connectivity index (χ2n) is 3.89. The average Bonchev–Trinajstić information content (AvgIpc) is 2.29. The van der Waals surface area contributed by atoms with E-state index in [-0.39, 0.29) is 5.56 Å². The first-order valence-electron chi connectivity index (χ1n) is 5.34. The van der Waals surface area contributed by atoms with Crippen molar-refractivity contribution in [2.45, 2.75) is 18.8 Å². The Labute approximate surface area is 94.4 Å². The molecule has 1 aromatic rings. The average molecular weight is 218 g/mol. The van der Waals surface area contributed by atoms with Gasteiger partial charge in [0.05, 0.1) is 6.61 Å². The molecule has 0 radical (unpaired) electrons. The van der Waals surface area contributed by atoms with E-state index in [9.17, 15) is 4.79 Å². The Morgan fingerprint density at radius 1 is 1.62 bits per heavy atom. The third-order valence-corrected chi connectivity index (χ3v) is 2.88. The first kappa shape index (κ1) is 10.7. The summed E-state index contributed by atoms with van der Waals surface area (Å²) in [6.07, 6.45) is 3.65. The lowest BCUT2D eigenvalue weighted by atomic mass is 9.89. The van der Waals surface area contributed by atoms with Gasteiger partial charge in [-0.25, -0.2) is 4.79 Å². The van der Waals surface area contributed by atoms with Gasteiger partial charge in [0.1, 0.15) is 11.3 Å². The van der Waals surface area contributed by atoms with Gasteiger partial charge >= 0.3 is 5.97 Å². The maximum atomic E-state index is 11.0. The molecule has 1 heterocycles. The van der Waals surface area contributed by atoms with Crippen LogP contribution in [0.25, 0.3) is 0 Å². The van der Waals surface area contributed by atoms with Crippen LogP contribution in [0, 0.1) is 0 Å². The van der Waals surface area contributed by atoms with Crippen LogP contribution in [0.2, 0.25) is 0 Å². The minimum atomic E-state index is -0.934. The lowest BCUT2D eigenvalue weighted by Crippen LogP contribution is -2.16. The Balaban J connectivity index is 2.46. The van der Waals surface area contributed by atoms with Crippen molar-refractivity contribution >= 4 is 5.97 Å². The van der Waals surface area contributed by atoms with E-state index in [1.807, 2.05) is 12.1 Å². The summed E-state index contributed by atoms with van der Waals surface area (Å²) < 4.78 is 5.48. The normalized spacial score (nSPS) is 18.4. The van der Waals surface area contributed by atoms with Crippen LogP contribution in [0.15, 0.2) is 30.9 Å². The second kappa shape index (κ2) is 4.39.